The van der Waals surface area contributed by atoms with Crippen LogP contribution in [0.4, 0.5) is 14.5 Å². The van der Waals surface area contributed by atoms with E-state index in [2.05, 4.69) is 5.32 Å². The normalized spacial score (nSPS) is 12.2. The molecule has 1 atom stereocenters. The van der Waals surface area contributed by atoms with Gasteiger partial charge in [-0.3, -0.25) is 4.79 Å². The van der Waals surface area contributed by atoms with Crippen molar-refractivity contribution in [1.29, 1.82) is 0 Å². The zero-order chi connectivity index (χ0) is 14.9. The number of amides is 1. The summed E-state index contributed by atoms with van der Waals surface area (Å²) in [5.41, 5.74) is 6.06. The van der Waals surface area contributed by atoms with Crippen molar-refractivity contribution in [3.8, 4) is 0 Å². The van der Waals surface area contributed by atoms with Crippen LogP contribution in [-0.4, -0.2) is 5.91 Å². The zero-order valence-corrected chi connectivity index (χ0v) is 11.9. The molecule has 1 heterocycles. The number of hydrogen-bond acceptors (Lipinski definition) is 3. The van der Waals surface area contributed by atoms with E-state index in [4.69, 9.17) is 5.73 Å². The fourth-order valence-electron chi connectivity index (χ4n) is 1.87. The molecule has 0 bridgehead atoms. The summed E-state index contributed by atoms with van der Waals surface area (Å²) in [4.78, 5) is 13.3. The smallest absolute Gasteiger partial charge is 0.261 e. The molecular weight excluding hydrogens is 282 g/mol. The van der Waals surface area contributed by atoms with Gasteiger partial charge >= 0.3 is 0 Å². The minimum Gasteiger partial charge on any atom is -0.398 e. The van der Waals surface area contributed by atoms with Crippen LogP contribution in [0.5, 0.6) is 0 Å². The molecule has 3 nitrogen and oxygen atoms in total. The first-order chi connectivity index (χ1) is 9.40. The Morgan fingerprint density at radius 1 is 1.35 bits per heavy atom. The van der Waals surface area contributed by atoms with E-state index in [0.717, 1.165) is 17.0 Å². The van der Waals surface area contributed by atoms with Gasteiger partial charge < -0.3 is 11.1 Å². The maximum atomic E-state index is 13.6. The predicted molar refractivity (Wildman–Crippen MR) is 75.7 cm³/mol. The maximum Gasteiger partial charge on any atom is 0.261 e. The van der Waals surface area contributed by atoms with E-state index in [0.29, 0.717) is 10.6 Å². The second-order valence-electron chi connectivity index (χ2n) is 4.45. The van der Waals surface area contributed by atoms with Gasteiger partial charge in [-0.1, -0.05) is 6.07 Å². The Bertz CT molecular complexity index is 615. The predicted octanol–water partition coefficient (Wildman–Crippen LogP) is 3.41. The number of nitrogens with one attached hydrogen (secondary N) is 1. The Morgan fingerprint density at radius 2 is 1.95 bits per heavy atom. The fourth-order valence-corrected chi connectivity index (χ4v) is 2.72. The van der Waals surface area contributed by atoms with E-state index in [1.807, 2.05) is 0 Å². The van der Waals surface area contributed by atoms with Crippen LogP contribution in [0.2, 0.25) is 0 Å². The van der Waals surface area contributed by atoms with E-state index in [-0.39, 0.29) is 5.56 Å². The molecule has 20 heavy (non-hydrogen) atoms. The highest BCUT2D eigenvalue weighted by Crippen LogP contribution is 2.25. The van der Waals surface area contributed by atoms with Gasteiger partial charge in [0.15, 0.2) is 0 Å². The maximum absolute atomic E-state index is 13.6. The number of hydrogen-bond donors (Lipinski definition) is 2. The lowest BCUT2D eigenvalue weighted by atomic mass is 10.1. The molecule has 0 aliphatic rings. The molecule has 0 spiro atoms. The van der Waals surface area contributed by atoms with Crippen molar-refractivity contribution >= 4 is 22.9 Å². The molecule has 0 saturated heterocycles. The molecule has 106 valence electrons. The number of carbonyl (C=O) groups is 1. The van der Waals surface area contributed by atoms with E-state index < -0.39 is 23.6 Å². The van der Waals surface area contributed by atoms with Crippen molar-refractivity contribution < 1.29 is 13.6 Å². The van der Waals surface area contributed by atoms with Gasteiger partial charge in [0.05, 0.1) is 10.9 Å². The summed E-state index contributed by atoms with van der Waals surface area (Å²) in [5, 5.41) is 2.57. The Morgan fingerprint density at radius 3 is 2.45 bits per heavy atom. The molecule has 0 aliphatic heterocycles. The first-order valence-corrected chi connectivity index (χ1v) is 6.82. The van der Waals surface area contributed by atoms with Crippen LogP contribution >= 0.6 is 11.3 Å². The van der Waals surface area contributed by atoms with E-state index >= 15 is 0 Å². The second-order valence-corrected chi connectivity index (χ2v) is 5.71. The Kier molecular flexibility index (Phi) is 4.04. The molecule has 0 fully saturated rings. The van der Waals surface area contributed by atoms with Crippen molar-refractivity contribution in [2.24, 2.45) is 0 Å². The van der Waals surface area contributed by atoms with Gasteiger partial charge in [-0.05, 0) is 32.0 Å². The van der Waals surface area contributed by atoms with Crippen molar-refractivity contribution in [2.45, 2.75) is 19.9 Å². The highest BCUT2D eigenvalue weighted by Gasteiger charge is 2.19. The average molecular weight is 296 g/mol. The van der Waals surface area contributed by atoms with Gasteiger partial charge in [0.1, 0.15) is 11.6 Å². The summed E-state index contributed by atoms with van der Waals surface area (Å²) < 4.78 is 27.2. The fraction of sp³-hybridized carbons (Fsp3) is 0.214. The second kappa shape index (κ2) is 5.58. The highest BCUT2D eigenvalue weighted by atomic mass is 32.1. The van der Waals surface area contributed by atoms with Crippen molar-refractivity contribution in [3.63, 3.8) is 0 Å². The SMILES string of the molecule is Cc1sc(C(=O)NC(C)c2c(F)cccc2F)cc1N. The Hall–Kier alpha value is -1.95. The number of nitrogen functional groups attached to an aromatic ring is 1. The lowest BCUT2D eigenvalue weighted by Gasteiger charge is -2.15. The molecule has 2 aromatic rings. The molecule has 3 N–H and O–H groups in total. The van der Waals surface area contributed by atoms with Gasteiger partial charge in [0.25, 0.3) is 5.91 Å². The number of halogens is 2. The van der Waals surface area contributed by atoms with Crippen LogP contribution < -0.4 is 11.1 Å². The largest absolute Gasteiger partial charge is 0.398 e. The summed E-state index contributed by atoms with van der Waals surface area (Å²) in [6.45, 7) is 3.33. The molecule has 2 rings (SSSR count). The number of aryl methyl sites for hydroxylation is 1. The van der Waals surface area contributed by atoms with Crippen molar-refractivity contribution in [2.75, 3.05) is 5.73 Å². The number of benzene rings is 1. The van der Waals surface area contributed by atoms with Crippen LogP contribution in [-0.2, 0) is 0 Å². The monoisotopic (exact) mass is 296 g/mol. The number of thiophene rings is 1. The molecule has 1 aromatic heterocycles. The average Bonchev–Trinajstić information content (AvgIpc) is 2.69. The van der Waals surface area contributed by atoms with Gasteiger partial charge in [-0.15, -0.1) is 11.3 Å². The quantitative estimate of drug-likeness (QED) is 0.912. The van der Waals surface area contributed by atoms with Crippen LogP contribution in [0, 0.1) is 18.6 Å². The van der Waals surface area contributed by atoms with Gasteiger partial charge in [-0.25, -0.2) is 8.78 Å². The van der Waals surface area contributed by atoms with E-state index in [1.165, 1.54) is 24.3 Å². The van der Waals surface area contributed by atoms with Crippen molar-refractivity contribution in [1.82, 2.24) is 5.32 Å². The molecule has 1 unspecified atom stereocenters. The number of carbonyl (C=O) groups excluding carboxylic acids is 1. The highest BCUT2D eigenvalue weighted by molar-refractivity contribution is 7.14. The summed E-state index contributed by atoms with van der Waals surface area (Å²) in [6, 6.07) is 4.39. The molecular formula is C14H14F2N2OS. The number of anilines is 1. The molecule has 1 amide bonds. The first kappa shape index (κ1) is 14.5. The van der Waals surface area contributed by atoms with E-state index in [1.54, 1.807) is 13.0 Å². The Balaban J connectivity index is 2.19. The van der Waals surface area contributed by atoms with Crippen LogP contribution in [0.3, 0.4) is 0 Å². The molecule has 0 saturated carbocycles. The summed E-state index contributed by atoms with van der Waals surface area (Å²) in [7, 11) is 0. The molecule has 0 radical (unpaired) electrons. The standard InChI is InChI=1S/C14H14F2N2OS/c1-7(13-9(15)4-3-5-10(13)16)18-14(19)12-6-11(17)8(2)20-12/h3-7H,17H2,1-2H3,(H,18,19). The molecule has 1 aromatic carbocycles. The lowest BCUT2D eigenvalue weighted by Crippen LogP contribution is -2.27. The topological polar surface area (TPSA) is 55.1 Å². The zero-order valence-electron chi connectivity index (χ0n) is 11.0. The summed E-state index contributed by atoms with van der Waals surface area (Å²) >= 11 is 1.24. The molecule has 0 aliphatic carbocycles. The van der Waals surface area contributed by atoms with Crippen LogP contribution in [0.25, 0.3) is 0 Å². The summed E-state index contributed by atoms with van der Waals surface area (Å²) in [5.74, 6) is -1.76. The Labute approximate surface area is 119 Å². The van der Waals surface area contributed by atoms with Gasteiger partial charge in [-0.2, -0.15) is 0 Å². The van der Waals surface area contributed by atoms with Crippen LogP contribution in [0.15, 0.2) is 24.3 Å². The van der Waals surface area contributed by atoms with Gasteiger partial charge in [0.2, 0.25) is 0 Å². The molecule has 6 heteroatoms. The summed E-state index contributed by atoms with van der Waals surface area (Å²) in [6.07, 6.45) is 0. The van der Waals surface area contributed by atoms with E-state index in [9.17, 15) is 13.6 Å². The number of nitrogens with two attached hydrogens (primary N) is 1. The number of rotatable bonds is 3. The third-order valence-corrected chi connectivity index (χ3v) is 4.03. The van der Waals surface area contributed by atoms with Gasteiger partial charge in [0, 0.05) is 16.1 Å². The third-order valence-electron chi connectivity index (χ3n) is 2.96. The van der Waals surface area contributed by atoms with Crippen LogP contribution in [0.1, 0.15) is 33.1 Å². The van der Waals surface area contributed by atoms with Crippen molar-refractivity contribution in [3.05, 3.63) is 51.2 Å². The minimum atomic E-state index is -0.771. The first-order valence-electron chi connectivity index (χ1n) is 6.01. The third kappa shape index (κ3) is 2.80. The minimum absolute atomic E-state index is 0.151. The lowest BCUT2D eigenvalue weighted by molar-refractivity contribution is 0.0943.